The van der Waals surface area contributed by atoms with Gasteiger partial charge in [0.1, 0.15) is 30.3 Å². The van der Waals surface area contributed by atoms with Crippen molar-refractivity contribution < 1.29 is 59.6 Å². The molecular weight excluding hydrogens is 722 g/mol. The number of hydrogen-bond acceptors (Lipinski definition) is 7. The summed E-state index contributed by atoms with van der Waals surface area (Å²) < 4.78 is 106. The summed E-state index contributed by atoms with van der Waals surface area (Å²) in [6, 6.07) is 16.6. The molecule has 0 bridgehead atoms. The molecule has 53 heavy (non-hydrogen) atoms. The van der Waals surface area contributed by atoms with Gasteiger partial charge in [0.05, 0.1) is 6.10 Å². The Morgan fingerprint density at radius 3 is 1.92 bits per heavy atom. The van der Waals surface area contributed by atoms with Crippen LogP contribution in [0, 0.1) is 0 Å². The lowest BCUT2D eigenvalue weighted by atomic mass is 10.1. The molecule has 294 valence electrons. The van der Waals surface area contributed by atoms with E-state index in [1.807, 2.05) is 37.3 Å². The van der Waals surface area contributed by atoms with Crippen LogP contribution in [0.4, 0.5) is 26.3 Å². The molecule has 0 amide bonds. The summed E-state index contributed by atoms with van der Waals surface area (Å²) >= 11 is 0. The summed E-state index contributed by atoms with van der Waals surface area (Å²) in [6.07, 6.45) is -8.91. The molecule has 0 unspecified atom stereocenters. The second kappa shape index (κ2) is 17.8. The average molecular weight is 773 g/mol. The number of hydrogen-bond donors (Lipinski definition) is 1. The number of ether oxygens (including phenoxy) is 5. The van der Waals surface area contributed by atoms with Crippen LogP contribution in [0.1, 0.15) is 102 Å². The maximum atomic E-state index is 12.8. The van der Waals surface area contributed by atoms with E-state index in [4.69, 9.17) is 18.6 Å². The third-order valence-electron chi connectivity index (χ3n) is 9.72. The van der Waals surface area contributed by atoms with Crippen LogP contribution < -0.4 is 18.9 Å². The van der Waals surface area contributed by atoms with Crippen molar-refractivity contribution in [2.45, 2.75) is 115 Å². The number of alkyl halides is 6. The Hall–Kier alpha value is -3.46. The second-order valence-corrected chi connectivity index (χ2v) is 19.5. The van der Waals surface area contributed by atoms with Crippen LogP contribution in [0.3, 0.4) is 0 Å². The first-order chi connectivity index (χ1) is 24.9. The van der Waals surface area contributed by atoms with Gasteiger partial charge < -0.3 is 33.2 Å². The van der Waals surface area contributed by atoms with E-state index < -0.39 is 32.9 Å². The lowest BCUT2D eigenvalue weighted by molar-refractivity contribution is -0.276. The summed E-state index contributed by atoms with van der Waals surface area (Å²) in [6.45, 7) is 16.9. The van der Waals surface area contributed by atoms with Crippen LogP contribution in [-0.4, -0.2) is 46.0 Å². The molecule has 0 spiro atoms. The van der Waals surface area contributed by atoms with Gasteiger partial charge in [0.15, 0.2) is 19.8 Å². The number of halogens is 6. The van der Waals surface area contributed by atoms with Crippen molar-refractivity contribution in [3.8, 4) is 23.0 Å². The zero-order valence-electron chi connectivity index (χ0n) is 31.1. The smallest absolute Gasteiger partial charge is 0.486 e. The zero-order valence-corrected chi connectivity index (χ0v) is 32.1. The largest absolute Gasteiger partial charge is 0.573 e. The lowest BCUT2D eigenvalue weighted by Gasteiger charge is -2.42. The first kappa shape index (κ1) is 42.3. The Kier molecular flexibility index (Phi) is 14.2. The molecule has 1 aliphatic carbocycles. The van der Waals surface area contributed by atoms with Crippen molar-refractivity contribution in [1.82, 2.24) is 0 Å². The van der Waals surface area contributed by atoms with E-state index in [0.29, 0.717) is 59.6 Å². The number of benzene rings is 3. The van der Waals surface area contributed by atoms with Crippen LogP contribution in [-0.2, 0) is 15.6 Å². The maximum Gasteiger partial charge on any atom is 0.573 e. The van der Waals surface area contributed by atoms with Gasteiger partial charge in [0.25, 0.3) is 0 Å². The highest BCUT2D eigenvalue weighted by molar-refractivity contribution is 6.77. The Morgan fingerprint density at radius 2 is 1.36 bits per heavy atom. The summed E-state index contributed by atoms with van der Waals surface area (Å²) in [5.74, 6) is 0.0719. The molecule has 0 saturated heterocycles. The van der Waals surface area contributed by atoms with Crippen molar-refractivity contribution in [1.29, 1.82) is 0 Å². The quantitative estimate of drug-likeness (QED) is 0.129. The highest BCUT2D eigenvalue weighted by atomic mass is 28.4. The summed E-state index contributed by atoms with van der Waals surface area (Å²) in [7, 11) is -1.94. The highest BCUT2D eigenvalue weighted by Gasteiger charge is 2.45. The third-order valence-corrected chi connectivity index (χ3v) is 15.8. The predicted octanol–water partition coefficient (Wildman–Crippen LogP) is 11.3. The van der Waals surface area contributed by atoms with Crippen molar-refractivity contribution in [2.24, 2.45) is 0 Å². The second-order valence-electron chi connectivity index (χ2n) is 14.0. The van der Waals surface area contributed by atoms with E-state index in [9.17, 15) is 31.4 Å². The van der Waals surface area contributed by atoms with Gasteiger partial charge >= 0.3 is 12.7 Å². The van der Waals surface area contributed by atoms with Crippen molar-refractivity contribution >= 4 is 8.32 Å². The SMILES string of the molecule is CCO[C@@H](CCO[Si](C(C)C)(C(C)C)C(C)C)c1ccc(O[C@@H]2CCc3c(OC(F)(F)F)cccc32)cc1.O[C@H]1COc2c(OC(F)(F)F)cccc21. The van der Waals surface area contributed by atoms with Crippen molar-refractivity contribution in [3.63, 3.8) is 0 Å². The molecule has 0 saturated carbocycles. The van der Waals surface area contributed by atoms with E-state index in [2.05, 4.69) is 51.0 Å². The molecule has 7 nitrogen and oxygen atoms in total. The van der Waals surface area contributed by atoms with Crippen LogP contribution in [0.2, 0.25) is 16.6 Å². The van der Waals surface area contributed by atoms with Crippen LogP contribution in [0.5, 0.6) is 23.0 Å². The molecule has 3 aromatic rings. The average Bonchev–Trinajstić information content (AvgIpc) is 3.65. The number of para-hydroxylation sites is 1. The van der Waals surface area contributed by atoms with Gasteiger partial charge in [-0.15, -0.1) is 26.3 Å². The predicted molar refractivity (Wildman–Crippen MR) is 191 cm³/mol. The van der Waals surface area contributed by atoms with Gasteiger partial charge in [-0.25, -0.2) is 0 Å². The molecule has 0 radical (unpaired) electrons. The van der Waals surface area contributed by atoms with E-state index in [0.717, 1.165) is 23.6 Å². The third kappa shape index (κ3) is 10.8. The number of aliphatic hydroxyl groups excluding tert-OH is 1. The number of rotatable bonds is 14. The van der Waals surface area contributed by atoms with Crippen LogP contribution in [0.15, 0.2) is 60.7 Å². The first-order valence-corrected chi connectivity index (χ1v) is 20.1. The minimum atomic E-state index is -4.76. The first-order valence-electron chi connectivity index (χ1n) is 17.9. The topological polar surface area (TPSA) is 75.6 Å². The van der Waals surface area contributed by atoms with Gasteiger partial charge in [-0.3, -0.25) is 0 Å². The van der Waals surface area contributed by atoms with E-state index >= 15 is 0 Å². The number of aliphatic hydroxyl groups is 1. The molecule has 1 N–H and O–H groups in total. The summed E-state index contributed by atoms with van der Waals surface area (Å²) in [5.41, 5.74) is 4.27. The Morgan fingerprint density at radius 1 is 0.792 bits per heavy atom. The molecule has 14 heteroatoms. The molecule has 3 atom stereocenters. The number of fused-ring (bicyclic) bond motifs is 2. The van der Waals surface area contributed by atoms with Gasteiger partial charge in [-0.1, -0.05) is 77.9 Å². The molecule has 2 aliphatic rings. The molecular formula is C39H50F6O7Si. The fourth-order valence-corrected chi connectivity index (χ4v) is 13.1. The fraction of sp³-hybridized carbons (Fsp3) is 0.538. The van der Waals surface area contributed by atoms with Crippen molar-refractivity contribution in [2.75, 3.05) is 19.8 Å². The minimum Gasteiger partial charge on any atom is -0.486 e. The highest BCUT2D eigenvalue weighted by Crippen LogP contribution is 2.44. The van der Waals surface area contributed by atoms with E-state index in [1.165, 1.54) is 18.2 Å². The molecule has 5 rings (SSSR count). The molecule has 3 aromatic carbocycles. The summed E-state index contributed by atoms with van der Waals surface area (Å²) in [5, 5.41) is 9.34. The fourth-order valence-electron chi connectivity index (χ4n) is 7.65. The molecule has 0 fully saturated rings. The van der Waals surface area contributed by atoms with E-state index in [-0.39, 0.29) is 30.3 Å². The van der Waals surface area contributed by atoms with Gasteiger partial charge in [0, 0.05) is 24.3 Å². The Balaban J connectivity index is 0.000000346. The molecule has 1 aliphatic heterocycles. The van der Waals surface area contributed by atoms with Gasteiger partial charge in [-0.05, 0) is 78.2 Å². The Labute approximate surface area is 308 Å². The molecule has 0 aromatic heterocycles. The minimum absolute atomic E-state index is 0.0395. The van der Waals surface area contributed by atoms with Crippen LogP contribution >= 0.6 is 0 Å². The van der Waals surface area contributed by atoms with Gasteiger partial charge in [0.2, 0.25) is 0 Å². The van der Waals surface area contributed by atoms with Crippen molar-refractivity contribution in [3.05, 3.63) is 82.9 Å². The molecule has 1 heterocycles. The normalized spacial score (nSPS) is 17.6. The van der Waals surface area contributed by atoms with Gasteiger partial charge in [-0.2, -0.15) is 0 Å². The maximum absolute atomic E-state index is 12.8. The van der Waals surface area contributed by atoms with Crippen LogP contribution in [0.25, 0.3) is 0 Å². The zero-order chi connectivity index (χ0) is 39.1. The lowest BCUT2D eigenvalue weighted by Crippen LogP contribution is -2.48. The standard InChI is InChI=1S/C30H43F3O4Si.C9H7F3O3/c1-8-34-27(18-19-35-38(20(2)3,21(4)5)22(6)7)23-12-14-24(15-13-23)36-28-17-16-26-25(28)10-9-11-29(26)37-30(31,32)33;10-9(11,12)15-7-3-1-2-5-6(13)4-14-8(5)7/h9-15,20-22,27-28H,8,16-19H2,1-7H3;1-3,6,13H,4H2/t27-,28+;6-/m00/s1. The van der Waals surface area contributed by atoms with E-state index in [1.54, 1.807) is 6.07 Å². The summed E-state index contributed by atoms with van der Waals surface area (Å²) in [4.78, 5) is 0. The Bertz CT molecular complexity index is 1590. The monoisotopic (exact) mass is 772 g/mol.